The van der Waals surface area contributed by atoms with E-state index in [0.717, 1.165) is 50.2 Å². The topological polar surface area (TPSA) is 48.9 Å². The molecular formula is C20H35IN4O. The molecule has 1 atom stereocenters. The van der Waals surface area contributed by atoms with Gasteiger partial charge in [0.1, 0.15) is 5.75 Å². The van der Waals surface area contributed by atoms with Crippen molar-refractivity contribution in [3.05, 3.63) is 29.8 Å². The Morgan fingerprint density at radius 1 is 1.27 bits per heavy atom. The van der Waals surface area contributed by atoms with E-state index in [1.165, 1.54) is 18.4 Å². The first-order valence-electron chi connectivity index (χ1n) is 9.47. The third-order valence-electron chi connectivity index (χ3n) is 5.05. The van der Waals surface area contributed by atoms with Crippen molar-refractivity contribution < 1.29 is 4.74 Å². The lowest BCUT2D eigenvalue weighted by Gasteiger charge is -2.32. The quantitative estimate of drug-likeness (QED) is 0.361. The highest BCUT2D eigenvalue weighted by Gasteiger charge is 2.19. The molecule has 6 heteroatoms. The zero-order valence-corrected chi connectivity index (χ0v) is 19.0. The number of nitrogens with zero attached hydrogens (tertiary/aromatic N) is 2. The van der Waals surface area contributed by atoms with Crippen molar-refractivity contribution in [2.24, 2.45) is 10.9 Å². The maximum atomic E-state index is 5.22. The van der Waals surface area contributed by atoms with E-state index in [4.69, 9.17) is 4.74 Å². The number of ether oxygens (including phenoxy) is 1. The van der Waals surface area contributed by atoms with Gasteiger partial charge in [-0.1, -0.05) is 19.1 Å². The molecule has 0 aliphatic carbocycles. The molecule has 1 aliphatic heterocycles. The van der Waals surface area contributed by atoms with Crippen molar-refractivity contribution in [1.29, 1.82) is 0 Å². The third kappa shape index (κ3) is 7.70. The summed E-state index contributed by atoms with van der Waals surface area (Å²) in [7, 11) is 3.55. The molecule has 0 bridgehead atoms. The largest absolute Gasteiger partial charge is 0.497 e. The molecule has 0 amide bonds. The Hall–Kier alpha value is -1.02. The summed E-state index contributed by atoms with van der Waals surface area (Å²) in [6.07, 6.45) is 3.58. The Kier molecular flexibility index (Phi) is 11.0. The first-order valence-corrected chi connectivity index (χ1v) is 9.47. The van der Waals surface area contributed by atoms with Crippen LogP contribution < -0.4 is 15.4 Å². The Morgan fingerprint density at radius 3 is 2.46 bits per heavy atom. The Morgan fingerprint density at radius 2 is 1.92 bits per heavy atom. The molecule has 1 aliphatic rings. The van der Waals surface area contributed by atoms with Crippen LogP contribution in [0.1, 0.15) is 38.7 Å². The summed E-state index contributed by atoms with van der Waals surface area (Å²) in [6.45, 7) is 8.73. The highest BCUT2D eigenvalue weighted by Crippen LogP contribution is 2.19. The molecule has 26 heavy (non-hydrogen) atoms. The Balaban J connectivity index is 0.00000338. The average Bonchev–Trinajstić information content (AvgIpc) is 2.66. The van der Waals surface area contributed by atoms with Crippen LogP contribution in [0.15, 0.2) is 29.3 Å². The average molecular weight is 474 g/mol. The van der Waals surface area contributed by atoms with Gasteiger partial charge < -0.3 is 15.4 Å². The first-order chi connectivity index (χ1) is 12.1. The number of methoxy groups -OCH3 is 1. The number of benzene rings is 1. The highest BCUT2D eigenvalue weighted by molar-refractivity contribution is 14.0. The van der Waals surface area contributed by atoms with Gasteiger partial charge >= 0.3 is 0 Å². The third-order valence-corrected chi connectivity index (χ3v) is 5.05. The summed E-state index contributed by atoms with van der Waals surface area (Å²) in [4.78, 5) is 6.87. The molecular weight excluding hydrogens is 439 g/mol. The maximum Gasteiger partial charge on any atom is 0.191 e. The maximum absolute atomic E-state index is 5.22. The number of nitrogens with one attached hydrogen (secondary N) is 2. The molecule has 1 saturated heterocycles. The molecule has 0 aromatic heterocycles. The van der Waals surface area contributed by atoms with Crippen molar-refractivity contribution in [2.75, 3.05) is 33.8 Å². The van der Waals surface area contributed by atoms with E-state index < -0.39 is 0 Å². The van der Waals surface area contributed by atoms with Gasteiger partial charge in [0.15, 0.2) is 5.96 Å². The van der Waals surface area contributed by atoms with Crippen LogP contribution in [-0.4, -0.2) is 50.7 Å². The van der Waals surface area contributed by atoms with Crippen molar-refractivity contribution in [2.45, 2.75) is 45.7 Å². The predicted molar refractivity (Wildman–Crippen MR) is 121 cm³/mol. The number of halogens is 1. The van der Waals surface area contributed by atoms with Crippen molar-refractivity contribution in [1.82, 2.24) is 15.5 Å². The predicted octanol–water partition coefficient (Wildman–Crippen LogP) is 3.49. The number of hydrogen-bond donors (Lipinski definition) is 2. The van der Waals surface area contributed by atoms with Crippen molar-refractivity contribution >= 4 is 29.9 Å². The van der Waals surface area contributed by atoms with E-state index in [1.807, 2.05) is 19.2 Å². The standard InChI is InChI=1S/C20H34N4O.HI/c1-5-16(2)23-20(21-3)22-14-17-10-12-24(13-11-17)15-18-6-8-19(25-4)9-7-18;/h6-9,16-17H,5,10-15H2,1-4H3,(H2,21,22,23);1H. The SMILES string of the molecule is CCC(C)NC(=NC)NCC1CCN(Cc2ccc(OC)cc2)CC1.I. The van der Waals surface area contributed by atoms with Crippen molar-refractivity contribution in [3.8, 4) is 5.75 Å². The minimum Gasteiger partial charge on any atom is -0.497 e. The second-order valence-corrected chi connectivity index (χ2v) is 6.97. The lowest BCUT2D eigenvalue weighted by molar-refractivity contribution is 0.178. The smallest absolute Gasteiger partial charge is 0.191 e. The number of rotatable bonds is 7. The van der Waals surface area contributed by atoms with Crippen LogP contribution in [0.5, 0.6) is 5.75 Å². The minimum absolute atomic E-state index is 0. The Labute approximate surface area is 176 Å². The van der Waals surface area contributed by atoms with E-state index in [1.54, 1.807) is 7.11 Å². The summed E-state index contributed by atoms with van der Waals surface area (Å²) in [5.74, 6) is 2.57. The highest BCUT2D eigenvalue weighted by atomic mass is 127. The molecule has 0 radical (unpaired) electrons. The molecule has 0 saturated carbocycles. The van der Waals surface area contributed by atoms with E-state index in [9.17, 15) is 0 Å². The van der Waals surface area contributed by atoms with Gasteiger partial charge in [0.05, 0.1) is 7.11 Å². The van der Waals surface area contributed by atoms with Gasteiger partial charge in [0.25, 0.3) is 0 Å². The van der Waals surface area contributed by atoms with E-state index in [2.05, 4.69) is 46.5 Å². The van der Waals surface area contributed by atoms with E-state index >= 15 is 0 Å². The Bertz CT molecular complexity index is 527. The van der Waals surface area contributed by atoms with Crippen LogP contribution >= 0.6 is 24.0 Å². The lowest BCUT2D eigenvalue weighted by Crippen LogP contribution is -2.45. The summed E-state index contributed by atoms with van der Waals surface area (Å²) < 4.78 is 5.22. The summed E-state index contributed by atoms with van der Waals surface area (Å²) in [5, 5.41) is 6.91. The van der Waals surface area contributed by atoms with Gasteiger partial charge in [-0.15, -0.1) is 24.0 Å². The van der Waals surface area contributed by atoms with Gasteiger partial charge in [-0.3, -0.25) is 9.89 Å². The molecule has 1 fully saturated rings. The fourth-order valence-corrected chi connectivity index (χ4v) is 3.11. The van der Waals surface area contributed by atoms with Gasteiger partial charge in [-0.05, 0) is 62.9 Å². The molecule has 5 nitrogen and oxygen atoms in total. The molecule has 2 N–H and O–H groups in total. The zero-order chi connectivity index (χ0) is 18.1. The number of piperidine rings is 1. The van der Waals surface area contributed by atoms with Crippen molar-refractivity contribution in [3.63, 3.8) is 0 Å². The lowest BCUT2D eigenvalue weighted by atomic mass is 9.96. The van der Waals surface area contributed by atoms with Crippen LogP contribution in [-0.2, 0) is 6.54 Å². The molecule has 1 aromatic rings. The van der Waals surface area contributed by atoms with Gasteiger partial charge in [0.2, 0.25) is 0 Å². The fraction of sp³-hybridized carbons (Fsp3) is 0.650. The number of hydrogen-bond acceptors (Lipinski definition) is 3. The molecule has 1 heterocycles. The van der Waals surface area contributed by atoms with Crippen LogP contribution in [0.2, 0.25) is 0 Å². The monoisotopic (exact) mass is 474 g/mol. The fourth-order valence-electron chi connectivity index (χ4n) is 3.11. The van der Waals surface area contributed by atoms with Crippen LogP contribution in [0.25, 0.3) is 0 Å². The summed E-state index contributed by atoms with van der Waals surface area (Å²) in [6, 6.07) is 8.87. The second-order valence-electron chi connectivity index (χ2n) is 6.97. The van der Waals surface area contributed by atoms with Gasteiger partial charge in [-0.2, -0.15) is 0 Å². The second kappa shape index (κ2) is 12.4. The van der Waals surface area contributed by atoms with Gasteiger partial charge in [-0.25, -0.2) is 0 Å². The van der Waals surface area contributed by atoms with Crippen LogP contribution in [0.3, 0.4) is 0 Å². The summed E-state index contributed by atoms with van der Waals surface area (Å²) >= 11 is 0. The first kappa shape index (κ1) is 23.0. The van der Waals surface area contributed by atoms with E-state index in [-0.39, 0.29) is 24.0 Å². The number of aliphatic imine (C=N–C) groups is 1. The number of guanidine groups is 1. The zero-order valence-electron chi connectivity index (χ0n) is 16.6. The van der Waals surface area contributed by atoms with Crippen LogP contribution in [0.4, 0.5) is 0 Å². The molecule has 1 aromatic carbocycles. The van der Waals surface area contributed by atoms with E-state index in [0.29, 0.717) is 6.04 Å². The molecule has 148 valence electrons. The molecule has 2 rings (SSSR count). The minimum atomic E-state index is 0. The van der Waals surface area contributed by atoms with Gasteiger partial charge in [0, 0.05) is 26.2 Å². The van der Waals surface area contributed by atoms with Crippen LogP contribution in [0, 0.1) is 5.92 Å². The molecule has 1 unspecified atom stereocenters. The summed E-state index contributed by atoms with van der Waals surface area (Å²) in [5.41, 5.74) is 1.36. The normalized spacial score (nSPS) is 17.3. The number of likely N-dealkylation sites (tertiary alicyclic amines) is 1. The molecule has 0 spiro atoms.